The summed E-state index contributed by atoms with van der Waals surface area (Å²) in [5, 5.41) is 17.0. The Hall–Kier alpha value is -2.14. The molecule has 0 aliphatic heterocycles. The van der Waals surface area contributed by atoms with E-state index in [-0.39, 0.29) is 0 Å². The van der Waals surface area contributed by atoms with Crippen molar-refractivity contribution in [3.63, 3.8) is 0 Å². The molecule has 3 rings (SSSR count). The molecule has 0 spiro atoms. The van der Waals surface area contributed by atoms with E-state index in [0.717, 1.165) is 31.4 Å². The van der Waals surface area contributed by atoms with Gasteiger partial charge in [-0.15, -0.1) is 0 Å². The number of rotatable bonds is 5. The monoisotopic (exact) mass is 299 g/mol. The van der Waals surface area contributed by atoms with Gasteiger partial charge in [0.25, 0.3) is 0 Å². The Morgan fingerprint density at radius 1 is 1.41 bits per heavy atom. The highest BCUT2D eigenvalue weighted by molar-refractivity contribution is 5.88. The fraction of sp³-hybridized carbons (Fsp3) is 0.412. The van der Waals surface area contributed by atoms with Gasteiger partial charge in [-0.25, -0.2) is 4.79 Å². The van der Waals surface area contributed by atoms with Crippen LogP contribution in [0.25, 0.3) is 0 Å². The zero-order chi connectivity index (χ0) is 15.7. The number of carboxylic acids is 1. The highest BCUT2D eigenvalue weighted by atomic mass is 16.4. The fourth-order valence-electron chi connectivity index (χ4n) is 3.26. The Morgan fingerprint density at radius 3 is 2.91 bits per heavy atom. The third kappa shape index (κ3) is 2.76. The lowest BCUT2D eigenvalue weighted by Crippen LogP contribution is -2.29. The molecule has 1 unspecified atom stereocenters. The zero-order valence-electron chi connectivity index (χ0n) is 13.0. The van der Waals surface area contributed by atoms with Gasteiger partial charge >= 0.3 is 5.97 Å². The second kappa shape index (κ2) is 5.93. The lowest BCUT2D eigenvalue weighted by Gasteiger charge is -2.12. The summed E-state index contributed by atoms with van der Waals surface area (Å²) in [5.74, 6) is -0.859. The van der Waals surface area contributed by atoms with E-state index in [1.807, 2.05) is 24.0 Å². The second-order valence-electron chi connectivity index (χ2n) is 5.87. The Kier molecular flexibility index (Phi) is 3.98. The summed E-state index contributed by atoms with van der Waals surface area (Å²) >= 11 is 0. The van der Waals surface area contributed by atoms with Crippen LogP contribution in [0, 0.1) is 0 Å². The molecule has 1 aliphatic carbocycles. The van der Waals surface area contributed by atoms with Crippen LogP contribution in [0.1, 0.15) is 39.7 Å². The molecule has 5 nitrogen and oxygen atoms in total. The summed E-state index contributed by atoms with van der Waals surface area (Å²) in [4.78, 5) is 11.0. The average Bonchev–Trinajstić information content (AvgIpc) is 3.06. The fourth-order valence-corrected chi connectivity index (χ4v) is 3.26. The molecule has 0 fully saturated rings. The minimum absolute atomic E-state index is 0.365. The molecule has 0 radical (unpaired) electrons. The highest BCUT2D eigenvalue weighted by Crippen LogP contribution is 2.24. The first kappa shape index (κ1) is 14.8. The number of nitrogens with zero attached hydrogens (tertiary/aromatic N) is 2. The van der Waals surface area contributed by atoms with Gasteiger partial charge in [0, 0.05) is 30.9 Å². The van der Waals surface area contributed by atoms with Crippen LogP contribution in [0.4, 0.5) is 0 Å². The molecular formula is C17H21N3O2. The van der Waals surface area contributed by atoms with Gasteiger partial charge in [0.2, 0.25) is 0 Å². The molecule has 22 heavy (non-hydrogen) atoms. The Balaban J connectivity index is 1.65. The molecule has 0 saturated carbocycles. The number of nitrogens with one attached hydrogen (secondary N) is 1. The minimum Gasteiger partial charge on any atom is -0.478 e. The van der Waals surface area contributed by atoms with Crippen LogP contribution >= 0.6 is 0 Å². The van der Waals surface area contributed by atoms with E-state index < -0.39 is 5.97 Å². The van der Waals surface area contributed by atoms with Crippen LogP contribution in [-0.4, -0.2) is 26.9 Å². The van der Waals surface area contributed by atoms with Gasteiger partial charge in [0.15, 0.2) is 0 Å². The summed E-state index contributed by atoms with van der Waals surface area (Å²) in [6, 6.07) is 5.81. The molecule has 0 saturated heterocycles. The van der Waals surface area contributed by atoms with Crippen LogP contribution < -0.4 is 5.32 Å². The number of aromatic nitrogens is 2. The number of hydrogen-bond donors (Lipinski definition) is 2. The molecule has 1 aromatic carbocycles. The van der Waals surface area contributed by atoms with E-state index in [4.69, 9.17) is 5.11 Å². The third-order valence-corrected chi connectivity index (χ3v) is 4.45. The summed E-state index contributed by atoms with van der Waals surface area (Å²) in [6.07, 6.45) is 4.74. The van der Waals surface area contributed by atoms with Gasteiger partial charge in [-0.1, -0.05) is 13.0 Å². The number of fused-ring (bicyclic) bond motifs is 1. The molecule has 116 valence electrons. The van der Waals surface area contributed by atoms with Crippen molar-refractivity contribution >= 4 is 5.97 Å². The normalized spacial score (nSPS) is 16.7. The van der Waals surface area contributed by atoms with Crippen LogP contribution in [-0.2, 0) is 32.9 Å². The largest absolute Gasteiger partial charge is 0.478 e. The highest BCUT2D eigenvalue weighted by Gasteiger charge is 2.22. The first-order valence-electron chi connectivity index (χ1n) is 7.66. The Bertz CT molecular complexity index is 706. The lowest BCUT2D eigenvalue weighted by molar-refractivity contribution is 0.0697. The smallest absolute Gasteiger partial charge is 0.335 e. The Labute approximate surface area is 130 Å². The quantitative estimate of drug-likeness (QED) is 0.885. The molecule has 2 aromatic rings. The third-order valence-electron chi connectivity index (χ3n) is 4.45. The molecule has 0 amide bonds. The zero-order valence-corrected chi connectivity index (χ0v) is 13.0. The summed E-state index contributed by atoms with van der Waals surface area (Å²) < 4.78 is 1.93. The van der Waals surface area contributed by atoms with Gasteiger partial charge < -0.3 is 10.4 Å². The number of carboxylic acid groups (broad SMARTS) is 1. The van der Waals surface area contributed by atoms with Crippen molar-refractivity contribution in [3.8, 4) is 0 Å². The van der Waals surface area contributed by atoms with Crippen LogP contribution in [0.2, 0.25) is 0 Å². The van der Waals surface area contributed by atoms with Crippen molar-refractivity contribution < 1.29 is 9.90 Å². The average molecular weight is 299 g/mol. The standard InChI is InChI=1S/C17H21N3O2/c1-3-16-14(10-19-20(16)2)9-18-15-7-11-4-5-12(17(21)22)6-13(11)8-15/h4-6,10,15,18H,3,7-9H2,1-2H3,(H,21,22). The number of hydrogen-bond acceptors (Lipinski definition) is 3. The molecule has 2 N–H and O–H groups in total. The Morgan fingerprint density at radius 2 is 2.18 bits per heavy atom. The summed E-state index contributed by atoms with van der Waals surface area (Å²) in [5.41, 5.74) is 5.28. The van der Waals surface area contributed by atoms with E-state index in [1.54, 1.807) is 12.1 Å². The molecular weight excluding hydrogens is 278 g/mol. The van der Waals surface area contributed by atoms with E-state index in [9.17, 15) is 4.79 Å². The van der Waals surface area contributed by atoms with Crippen molar-refractivity contribution in [3.05, 3.63) is 52.3 Å². The summed E-state index contributed by atoms with van der Waals surface area (Å²) in [7, 11) is 1.97. The second-order valence-corrected chi connectivity index (χ2v) is 5.87. The lowest BCUT2D eigenvalue weighted by atomic mass is 10.1. The number of aromatic carboxylic acids is 1. The SMILES string of the molecule is CCc1c(CNC2Cc3ccc(C(=O)O)cc3C2)cnn1C. The molecule has 1 aliphatic rings. The summed E-state index contributed by atoms with van der Waals surface area (Å²) in [6.45, 7) is 2.95. The topological polar surface area (TPSA) is 67.2 Å². The molecule has 1 heterocycles. The van der Waals surface area contributed by atoms with Crippen LogP contribution in [0.15, 0.2) is 24.4 Å². The predicted octanol–water partition coefficient (Wildman–Crippen LogP) is 1.94. The van der Waals surface area contributed by atoms with Gasteiger partial charge in [0.05, 0.1) is 11.8 Å². The maximum absolute atomic E-state index is 11.0. The van der Waals surface area contributed by atoms with Gasteiger partial charge in [-0.05, 0) is 42.5 Å². The maximum atomic E-state index is 11.0. The van der Waals surface area contributed by atoms with Crippen molar-refractivity contribution in [2.45, 2.75) is 38.8 Å². The molecule has 1 atom stereocenters. The molecule has 0 bridgehead atoms. The van der Waals surface area contributed by atoms with E-state index >= 15 is 0 Å². The van der Waals surface area contributed by atoms with Gasteiger partial charge in [0.1, 0.15) is 0 Å². The van der Waals surface area contributed by atoms with Crippen LogP contribution in [0.3, 0.4) is 0 Å². The van der Waals surface area contributed by atoms with Gasteiger partial charge in [-0.2, -0.15) is 5.10 Å². The number of carbonyl (C=O) groups is 1. The maximum Gasteiger partial charge on any atom is 0.335 e. The first-order chi connectivity index (χ1) is 10.6. The van der Waals surface area contributed by atoms with E-state index in [0.29, 0.717) is 11.6 Å². The van der Waals surface area contributed by atoms with Crippen molar-refractivity contribution in [1.82, 2.24) is 15.1 Å². The van der Waals surface area contributed by atoms with E-state index in [2.05, 4.69) is 17.3 Å². The van der Waals surface area contributed by atoms with Crippen molar-refractivity contribution in [2.75, 3.05) is 0 Å². The minimum atomic E-state index is -0.859. The molecule has 5 heteroatoms. The van der Waals surface area contributed by atoms with E-state index in [1.165, 1.54) is 16.8 Å². The molecule has 1 aromatic heterocycles. The van der Waals surface area contributed by atoms with Crippen LogP contribution in [0.5, 0.6) is 0 Å². The van der Waals surface area contributed by atoms with Gasteiger partial charge in [-0.3, -0.25) is 4.68 Å². The number of aryl methyl sites for hydroxylation is 1. The predicted molar refractivity (Wildman–Crippen MR) is 84.0 cm³/mol. The number of benzene rings is 1. The van der Waals surface area contributed by atoms with Crippen molar-refractivity contribution in [1.29, 1.82) is 0 Å². The van der Waals surface area contributed by atoms with Crippen molar-refractivity contribution in [2.24, 2.45) is 7.05 Å². The first-order valence-corrected chi connectivity index (χ1v) is 7.66.